The molecule has 1 atom stereocenters. The molecule has 8 heteroatoms. The summed E-state index contributed by atoms with van der Waals surface area (Å²) >= 11 is 1.30. The Hall–Kier alpha value is -3.00. The number of carbonyl (C=O) groups excluding carboxylic acids is 1. The number of ether oxygens (including phenoxy) is 1. The highest BCUT2D eigenvalue weighted by Gasteiger charge is 2.37. The number of nitrogens with zero attached hydrogens (tertiary/aromatic N) is 2. The van der Waals surface area contributed by atoms with Crippen LogP contribution in [0.15, 0.2) is 36.4 Å². The number of halogens is 1. The molecule has 0 bridgehead atoms. The van der Waals surface area contributed by atoms with E-state index in [1.54, 1.807) is 18.2 Å². The summed E-state index contributed by atoms with van der Waals surface area (Å²) in [5.41, 5.74) is 2.10. The van der Waals surface area contributed by atoms with E-state index < -0.39 is 24.4 Å². The summed E-state index contributed by atoms with van der Waals surface area (Å²) < 4.78 is 19.8. The zero-order chi connectivity index (χ0) is 19.1. The molecule has 1 aliphatic heterocycles. The first-order valence-corrected chi connectivity index (χ1v) is 9.08. The quantitative estimate of drug-likeness (QED) is 0.742. The Labute approximate surface area is 157 Å². The van der Waals surface area contributed by atoms with Gasteiger partial charge in [-0.2, -0.15) is 0 Å². The molecule has 138 valence electrons. The van der Waals surface area contributed by atoms with Crippen LogP contribution in [0.3, 0.4) is 0 Å². The predicted octanol–water partition coefficient (Wildman–Crippen LogP) is 3.51. The molecule has 0 saturated heterocycles. The lowest BCUT2D eigenvalue weighted by molar-refractivity contribution is -0.142. The number of hydrogen-bond donors (Lipinski definition) is 1. The number of aliphatic carboxylic acids is 1. The Morgan fingerprint density at radius 1 is 1.37 bits per heavy atom. The predicted molar refractivity (Wildman–Crippen MR) is 98.6 cm³/mol. The second-order valence-electron chi connectivity index (χ2n) is 6.27. The van der Waals surface area contributed by atoms with Gasteiger partial charge in [0, 0.05) is 0 Å². The van der Waals surface area contributed by atoms with E-state index in [9.17, 15) is 14.0 Å². The van der Waals surface area contributed by atoms with Gasteiger partial charge in [0.05, 0.1) is 28.9 Å². The molecule has 1 aromatic heterocycles. The maximum Gasteiger partial charge on any atom is 0.307 e. The summed E-state index contributed by atoms with van der Waals surface area (Å²) in [7, 11) is 0. The molecule has 0 fully saturated rings. The van der Waals surface area contributed by atoms with Crippen LogP contribution in [-0.4, -0.2) is 28.1 Å². The Morgan fingerprint density at radius 2 is 2.19 bits per heavy atom. The number of carboxylic acids is 1. The molecule has 27 heavy (non-hydrogen) atoms. The minimum Gasteiger partial charge on any atom is -0.481 e. The highest BCUT2D eigenvalue weighted by molar-refractivity contribution is 7.18. The van der Waals surface area contributed by atoms with Crippen LogP contribution in [0.1, 0.15) is 17.0 Å². The average Bonchev–Trinajstić information content (AvgIpc) is 2.99. The lowest BCUT2D eigenvalue weighted by atomic mass is 10.1. The number of aryl methyl sites for hydroxylation is 1. The van der Waals surface area contributed by atoms with Crippen LogP contribution in [0.4, 0.5) is 10.1 Å². The van der Waals surface area contributed by atoms with E-state index in [4.69, 9.17) is 9.84 Å². The highest BCUT2D eigenvalue weighted by atomic mass is 32.1. The summed E-state index contributed by atoms with van der Waals surface area (Å²) in [6.45, 7) is 2.02. The third-order valence-corrected chi connectivity index (χ3v) is 5.33. The maximum atomic E-state index is 13.4. The number of hydrogen-bond acceptors (Lipinski definition) is 5. The monoisotopic (exact) mass is 386 g/mol. The van der Waals surface area contributed by atoms with Crippen molar-refractivity contribution in [3.05, 3.63) is 52.8 Å². The number of anilines is 1. The van der Waals surface area contributed by atoms with Crippen LogP contribution < -0.4 is 9.64 Å². The van der Waals surface area contributed by atoms with Crippen LogP contribution in [0.2, 0.25) is 0 Å². The second kappa shape index (κ2) is 6.62. The third-order valence-electron chi connectivity index (χ3n) is 4.33. The molecule has 1 amide bonds. The van der Waals surface area contributed by atoms with Crippen molar-refractivity contribution < 1.29 is 23.8 Å². The summed E-state index contributed by atoms with van der Waals surface area (Å²) in [5, 5.41) is 9.72. The molecule has 6 nitrogen and oxygen atoms in total. The number of aromatic nitrogens is 1. The lowest BCUT2D eigenvalue weighted by Crippen LogP contribution is -2.46. The second-order valence-corrected chi connectivity index (χ2v) is 7.39. The van der Waals surface area contributed by atoms with Crippen LogP contribution in [0, 0.1) is 12.7 Å². The zero-order valence-corrected chi connectivity index (χ0v) is 15.1. The third kappa shape index (κ3) is 3.23. The van der Waals surface area contributed by atoms with Crippen molar-refractivity contribution in [2.45, 2.75) is 26.0 Å². The minimum atomic E-state index is -1.11. The maximum absolute atomic E-state index is 13.4. The van der Waals surface area contributed by atoms with Gasteiger partial charge in [-0.1, -0.05) is 12.1 Å². The molecule has 1 N–H and O–H groups in total. The molecule has 3 aromatic rings. The van der Waals surface area contributed by atoms with Gasteiger partial charge in [-0.05, 0) is 36.8 Å². The van der Waals surface area contributed by atoms with Crippen LogP contribution >= 0.6 is 11.3 Å². The van der Waals surface area contributed by atoms with Crippen molar-refractivity contribution in [1.29, 1.82) is 0 Å². The van der Waals surface area contributed by atoms with Crippen molar-refractivity contribution >= 4 is 39.1 Å². The first kappa shape index (κ1) is 17.4. The van der Waals surface area contributed by atoms with Gasteiger partial charge in [-0.25, -0.2) is 9.37 Å². The molecule has 1 unspecified atom stereocenters. The Morgan fingerprint density at radius 3 is 2.96 bits per heavy atom. The number of thiazole rings is 1. The standard InChI is InChI=1S/C19H15FN2O4S/c1-10-3-2-4-13-18(10)22(19(25)14(26-13)8-17(23)24)9-16-21-12-6-5-11(20)7-15(12)27-16/h2-7,14H,8-9H2,1H3,(H,23,24). The molecule has 0 radical (unpaired) electrons. The van der Waals surface area contributed by atoms with Gasteiger partial charge in [-0.15, -0.1) is 11.3 Å². The molecule has 2 heterocycles. The molecule has 2 aromatic carbocycles. The zero-order valence-electron chi connectivity index (χ0n) is 14.3. The van der Waals surface area contributed by atoms with Gasteiger partial charge >= 0.3 is 5.97 Å². The number of para-hydroxylation sites is 1. The van der Waals surface area contributed by atoms with Crippen LogP contribution in [0.25, 0.3) is 10.2 Å². The van der Waals surface area contributed by atoms with Crippen LogP contribution in [0.5, 0.6) is 5.75 Å². The Kier molecular flexibility index (Phi) is 4.27. The number of rotatable bonds is 4. The lowest BCUT2D eigenvalue weighted by Gasteiger charge is -2.34. The first-order chi connectivity index (χ1) is 12.9. The molecule has 0 aliphatic carbocycles. The minimum absolute atomic E-state index is 0.164. The van der Waals surface area contributed by atoms with Crippen molar-refractivity contribution in [2.75, 3.05) is 4.90 Å². The fraction of sp³-hybridized carbons (Fsp3) is 0.211. The van der Waals surface area contributed by atoms with Gasteiger partial charge in [0.15, 0.2) is 6.10 Å². The van der Waals surface area contributed by atoms with Crippen molar-refractivity contribution in [2.24, 2.45) is 0 Å². The number of fused-ring (bicyclic) bond motifs is 2. The molecular weight excluding hydrogens is 371 g/mol. The normalized spacial score (nSPS) is 16.3. The van der Waals surface area contributed by atoms with Gasteiger partial charge in [-0.3, -0.25) is 14.5 Å². The number of carboxylic acid groups (broad SMARTS) is 1. The van der Waals surface area contributed by atoms with Crippen LogP contribution in [-0.2, 0) is 16.1 Å². The van der Waals surface area contributed by atoms with E-state index in [2.05, 4.69) is 4.98 Å². The summed E-state index contributed by atoms with van der Waals surface area (Å²) in [6.07, 6.45) is -1.52. The number of amides is 1. The SMILES string of the molecule is Cc1cccc2c1N(Cc1nc3ccc(F)cc3s1)C(=O)C(CC(=O)O)O2. The molecule has 4 rings (SSSR count). The number of benzene rings is 2. The van der Waals surface area contributed by atoms with E-state index in [-0.39, 0.29) is 12.4 Å². The molecular formula is C19H15FN2O4S. The molecule has 0 spiro atoms. The summed E-state index contributed by atoms with van der Waals surface area (Å²) in [5.74, 6) is -1.42. The van der Waals surface area contributed by atoms with Gasteiger partial charge in [0.1, 0.15) is 16.6 Å². The fourth-order valence-electron chi connectivity index (χ4n) is 3.15. The van der Waals surface area contributed by atoms with E-state index in [0.717, 1.165) is 5.56 Å². The smallest absolute Gasteiger partial charge is 0.307 e. The molecule has 0 saturated carbocycles. The first-order valence-electron chi connectivity index (χ1n) is 8.27. The van der Waals surface area contributed by atoms with Crippen molar-refractivity contribution in [3.8, 4) is 5.75 Å². The highest BCUT2D eigenvalue weighted by Crippen LogP contribution is 2.39. The Bertz CT molecular complexity index is 1070. The van der Waals surface area contributed by atoms with E-state index in [1.807, 2.05) is 13.0 Å². The fourth-order valence-corrected chi connectivity index (χ4v) is 4.14. The summed E-state index contributed by atoms with van der Waals surface area (Å²) in [6, 6.07) is 9.70. The van der Waals surface area contributed by atoms with Gasteiger partial charge in [0.25, 0.3) is 5.91 Å². The average molecular weight is 386 g/mol. The molecule has 1 aliphatic rings. The van der Waals surface area contributed by atoms with Gasteiger partial charge in [0.2, 0.25) is 0 Å². The topological polar surface area (TPSA) is 79.7 Å². The van der Waals surface area contributed by atoms with E-state index >= 15 is 0 Å². The van der Waals surface area contributed by atoms with E-state index in [0.29, 0.717) is 26.7 Å². The summed E-state index contributed by atoms with van der Waals surface area (Å²) in [4.78, 5) is 30.0. The largest absolute Gasteiger partial charge is 0.481 e. The van der Waals surface area contributed by atoms with E-state index in [1.165, 1.54) is 28.4 Å². The Balaban J connectivity index is 1.74. The van der Waals surface area contributed by atoms with Gasteiger partial charge < -0.3 is 9.84 Å². The van der Waals surface area contributed by atoms with Crippen molar-refractivity contribution in [1.82, 2.24) is 4.98 Å². The van der Waals surface area contributed by atoms with Crippen molar-refractivity contribution in [3.63, 3.8) is 0 Å². The number of carbonyl (C=O) groups is 2.